The highest BCUT2D eigenvalue weighted by Crippen LogP contribution is 2.36. The lowest BCUT2D eigenvalue weighted by Crippen LogP contribution is -2.46. The van der Waals surface area contributed by atoms with Crippen LogP contribution in [0.4, 0.5) is 4.79 Å². The predicted octanol–water partition coefficient (Wildman–Crippen LogP) is 3.68. The molecule has 1 atom stereocenters. The normalized spacial score (nSPS) is 22.1. The van der Waals surface area contributed by atoms with Crippen LogP contribution in [0.2, 0.25) is 0 Å². The molecule has 94 valence electrons. The molecule has 0 aromatic heterocycles. The fraction of sp³-hybridized carbons (Fsp3) is 0.417. The van der Waals surface area contributed by atoms with Crippen molar-refractivity contribution < 1.29 is 9.53 Å². The third kappa shape index (κ3) is 3.13. The summed E-state index contributed by atoms with van der Waals surface area (Å²) in [7, 11) is 0. The molecular formula is C12H15BrClNO2. The second-order valence-electron chi connectivity index (χ2n) is 4.69. The molecule has 0 unspecified atom stereocenters. The van der Waals surface area contributed by atoms with Crippen LogP contribution in [0.3, 0.4) is 0 Å². The molecule has 1 amide bonds. The molecule has 0 spiro atoms. The van der Waals surface area contributed by atoms with Crippen LogP contribution >= 0.6 is 28.3 Å². The first kappa shape index (κ1) is 14.3. The zero-order chi connectivity index (χ0) is 11.8. The van der Waals surface area contributed by atoms with Crippen LogP contribution in [0.1, 0.15) is 25.5 Å². The van der Waals surface area contributed by atoms with Gasteiger partial charge in [-0.15, -0.1) is 12.4 Å². The smallest absolute Gasteiger partial charge is 0.407 e. The van der Waals surface area contributed by atoms with Crippen molar-refractivity contribution in [1.82, 2.24) is 5.32 Å². The summed E-state index contributed by atoms with van der Waals surface area (Å²) in [6.07, 6.45) is -0.341. The van der Waals surface area contributed by atoms with E-state index < -0.39 is 0 Å². The maximum atomic E-state index is 11.3. The molecule has 5 heteroatoms. The van der Waals surface area contributed by atoms with Crippen molar-refractivity contribution in [1.29, 1.82) is 0 Å². The highest BCUT2D eigenvalue weighted by Gasteiger charge is 2.37. The fourth-order valence-corrected chi connectivity index (χ4v) is 2.14. The molecule has 1 saturated heterocycles. The van der Waals surface area contributed by atoms with Gasteiger partial charge in [-0.3, -0.25) is 0 Å². The molecule has 1 aromatic rings. The van der Waals surface area contributed by atoms with Crippen LogP contribution in [0.25, 0.3) is 0 Å². The van der Waals surface area contributed by atoms with Crippen LogP contribution in [-0.4, -0.2) is 12.7 Å². The largest absolute Gasteiger partial charge is 0.449 e. The van der Waals surface area contributed by atoms with Gasteiger partial charge in [0.05, 0.1) is 6.04 Å². The first-order valence-corrected chi connectivity index (χ1v) is 5.97. The van der Waals surface area contributed by atoms with Gasteiger partial charge in [-0.2, -0.15) is 0 Å². The number of ether oxygens (including phenoxy) is 1. The number of cyclic esters (lactones) is 1. The van der Waals surface area contributed by atoms with E-state index in [1.54, 1.807) is 0 Å². The lowest BCUT2D eigenvalue weighted by molar-refractivity contribution is 0.0387. The van der Waals surface area contributed by atoms with E-state index in [1.165, 1.54) is 0 Å². The Kier molecular flexibility index (Phi) is 4.44. The molecule has 1 fully saturated rings. The molecule has 0 aliphatic carbocycles. The summed E-state index contributed by atoms with van der Waals surface area (Å²) in [6, 6.07) is 7.99. The van der Waals surface area contributed by atoms with Gasteiger partial charge in [-0.25, -0.2) is 4.79 Å². The monoisotopic (exact) mass is 319 g/mol. The minimum absolute atomic E-state index is 0. The summed E-state index contributed by atoms with van der Waals surface area (Å²) in [4.78, 5) is 11.3. The van der Waals surface area contributed by atoms with Gasteiger partial charge in [0, 0.05) is 9.89 Å². The fourth-order valence-electron chi connectivity index (χ4n) is 1.88. The summed E-state index contributed by atoms with van der Waals surface area (Å²) in [5, 5.41) is 2.87. The number of nitrogens with one attached hydrogen (secondary N) is 1. The van der Waals surface area contributed by atoms with Gasteiger partial charge in [-0.05, 0) is 17.7 Å². The Hall–Kier alpha value is -0.740. The second-order valence-corrected chi connectivity index (χ2v) is 5.61. The Morgan fingerprint density at radius 1 is 1.35 bits per heavy atom. The van der Waals surface area contributed by atoms with Crippen molar-refractivity contribution in [2.45, 2.75) is 19.9 Å². The number of rotatable bonds is 1. The molecule has 1 aliphatic heterocycles. The molecule has 1 N–H and O–H groups in total. The van der Waals surface area contributed by atoms with Gasteiger partial charge in [-0.1, -0.05) is 41.9 Å². The van der Waals surface area contributed by atoms with E-state index in [0.29, 0.717) is 6.61 Å². The Bertz CT molecular complexity index is 405. The summed E-state index contributed by atoms with van der Waals surface area (Å²) in [5.41, 5.74) is 1.01. The average Bonchev–Trinajstić information content (AvgIpc) is 2.23. The summed E-state index contributed by atoms with van der Waals surface area (Å²) < 4.78 is 6.04. The topological polar surface area (TPSA) is 38.3 Å². The number of carbonyl (C=O) groups is 1. The Labute approximate surface area is 115 Å². The number of alkyl carbamates (subject to hydrolysis) is 1. The number of benzene rings is 1. The molecular weight excluding hydrogens is 305 g/mol. The van der Waals surface area contributed by atoms with E-state index in [4.69, 9.17) is 4.74 Å². The van der Waals surface area contributed by atoms with Gasteiger partial charge in [0.15, 0.2) is 0 Å². The Morgan fingerprint density at radius 3 is 2.53 bits per heavy atom. The molecule has 0 saturated carbocycles. The van der Waals surface area contributed by atoms with Crippen molar-refractivity contribution in [3.63, 3.8) is 0 Å². The minimum atomic E-state index is -0.341. The highest BCUT2D eigenvalue weighted by atomic mass is 79.9. The lowest BCUT2D eigenvalue weighted by atomic mass is 9.80. The highest BCUT2D eigenvalue weighted by molar-refractivity contribution is 9.10. The van der Waals surface area contributed by atoms with Crippen molar-refractivity contribution in [2.24, 2.45) is 5.41 Å². The van der Waals surface area contributed by atoms with E-state index in [2.05, 4.69) is 35.1 Å². The number of carbonyl (C=O) groups excluding carboxylic acids is 1. The van der Waals surface area contributed by atoms with Gasteiger partial charge in [0.1, 0.15) is 6.61 Å². The van der Waals surface area contributed by atoms with Crippen molar-refractivity contribution in [3.8, 4) is 0 Å². The van der Waals surface area contributed by atoms with Crippen molar-refractivity contribution in [3.05, 3.63) is 34.3 Å². The molecule has 0 radical (unpaired) electrons. The molecule has 0 bridgehead atoms. The van der Waals surface area contributed by atoms with Crippen molar-refractivity contribution in [2.75, 3.05) is 6.61 Å². The van der Waals surface area contributed by atoms with Gasteiger partial charge in [0.25, 0.3) is 0 Å². The molecule has 2 rings (SSSR count). The molecule has 17 heavy (non-hydrogen) atoms. The maximum Gasteiger partial charge on any atom is 0.407 e. The Balaban J connectivity index is 0.00000144. The summed E-state index contributed by atoms with van der Waals surface area (Å²) in [6.45, 7) is 4.61. The van der Waals surface area contributed by atoms with Crippen LogP contribution < -0.4 is 5.32 Å². The van der Waals surface area contributed by atoms with Gasteiger partial charge >= 0.3 is 6.09 Å². The number of hydrogen-bond donors (Lipinski definition) is 1. The number of hydrogen-bond acceptors (Lipinski definition) is 2. The van der Waals surface area contributed by atoms with Gasteiger partial charge < -0.3 is 10.1 Å². The summed E-state index contributed by atoms with van der Waals surface area (Å²) in [5.74, 6) is 0. The number of amides is 1. The summed E-state index contributed by atoms with van der Waals surface area (Å²) >= 11 is 3.40. The third-order valence-electron chi connectivity index (χ3n) is 2.82. The first-order valence-electron chi connectivity index (χ1n) is 5.18. The molecule has 1 heterocycles. The quantitative estimate of drug-likeness (QED) is 0.857. The van der Waals surface area contributed by atoms with E-state index in [0.717, 1.165) is 10.0 Å². The zero-order valence-electron chi connectivity index (χ0n) is 9.70. The molecule has 1 aromatic carbocycles. The second kappa shape index (κ2) is 5.27. The standard InChI is InChI=1S/C12H14BrNO2.ClH/c1-12(2)7-16-11(15)14-10(12)8-3-5-9(13)6-4-8;/h3-6,10H,7H2,1-2H3,(H,14,15);1H/t10-;/m1./s1. The lowest BCUT2D eigenvalue weighted by Gasteiger charge is -2.38. The van der Waals surface area contributed by atoms with Crippen LogP contribution in [-0.2, 0) is 4.74 Å². The van der Waals surface area contributed by atoms with Crippen LogP contribution in [0.5, 0.6) is 0 Å². The van der Waals surface area contributed by atoms with E-state index >= 15 is 0 Å². The number of halogens is 2. The van der Waals surface area contributed by atoms with Crippen LogP contribution in [0, 0.1) is 5.41 Å². The SMILES string of the molecule is CC1(C)COC(=O)N[C@@H]1c1ccc(Br)cc1.Cl. The van der Waals surface area contributed by atoms with E-state index in [-0.39, 0.29) is 30.0 Å². The van der Waals surface area contributed by atoms with E-state index in [9.17, 15) is 4.79 Å². The van der Waals surface area contributed by atoms with E-state index in [1.807, 2.05) is 24.3 Å². The zero-order valence-corrected chi connectivity index (χ0v) is 12.1. The minimum Gasteiger partial charge on any atom is -0.449 e. The van der Waals surface area contributed by atoms with Crippen LogP contribution in [0.15, 0.2) is 28.7 Å². The maximum absolute atomic E-state index is 11.3. The third-order valence-corrected chi connectivity index (χ3v) is 3.35. The predicted molar refractivity (Wildman–Crippen MR) is 72.4 cm³/mol. The van der Waals surface area contributed by atoms with Gasteiger partial charge in [0.2, 0.25) is 0 Å². The molecule has 1 aliphatic rings. The van der Waals surface area contributed by atoms with Crippen molar-refractivity contribution >= 4 is 34.4 Å². The average molecular weight is 321 g/mol. The first-order chi connectivity index (χ1) is 7.49. The molecule has 3 nitrogen and oxygen atoms in total. The Morgan fingerprint density at radius 2 is 1.94 bits per heavy atom.